The van der Waals surface area contributed by atoms with Crippen LogP contribution in [0.25, 0.3) is 0 Å². The molecule has 4 N–H and O–H groups in total. The number of nitrogens with zero attached hydrogens (tertiary/aromatic N) is 2. The van der Waals surface area contributed by atoms with E-state index in [1.54, 1.807) is 12.1 Å². The number of anilines is 2. The summed E-state index contributed by atoms with van der Waals surface area (Å²) in [6.07, 6.45) is 0. The third-order valence-electron chi connectivity index (χ3n) is 4.37. The number of ether oxygens (including phenoxy) is 1. The second kappa shape index (κ2) is 6.49. The van der Waals surface area contributed by atoms with Gasteiger partial charge in [0.25, 0.3) is 0 Å². The van der Waals surface area contributed by atoms with Gasteiger partial charge in [0.1, 0.15) is 29.0 Å². The highest BCUT2D eigenvalue weighted by molar-refractivity contribution is 7.99. The fourth-order valence-electron chi connectivity index (χ4n) is 3.04. The first-order chi connectivity index (χ1) is 13.0. The van der Waals surface area contributed by atoms with Gasteiger partial charge in [0.05, 0.1) is 16.5 Å². The predicted octanol–water partition coefficient (Wildman–Crippen LogP) is 4.55. The minimum absolute atomic E-state index is 0.0374. The Labute approximate surface area is 159 Å². The third-order valence-corrected chi connectivity index (χ3v) is 5.64. The zero-order chi connectivity index (χ0) is 19.1. The van der Waals surface area contributed by atoms with Gasteiger partial charge in [-0.2, -0.15) is 10.2 Å². The summed E-state index contributed by atoms with van der Waals surface area (Å²) in [5, 5.41) is 9.13. The average molecular weight is 378 g/mol. The minimum atomic E-state index is -0.302. The van der Waals surface area contributed by atoms with Crippen molar-refractivity contribution in [1.82, 2.24) is 4.98 Å². The summed E-state index contributed by atoms with van der Waals surface area (Å²) in [4.78, 5) is 5.12. The number of nitrogen functional groups attached to an aromatic ring is 2. The zero-order valence-electron chi connectivity index (χ0n) is 14.4. The third kappa shape index (κ3) is 2.94. The van der Waals surface area contributed by atoms with E-state index in [0.29, 0.717) is 17.2 Å². The van der Waals surface area contributed by atoms with Gasteiger partial charge in [-0.15, -0.1) is 11.8 Å². The number of aryl methyl sites for hydroxylation is 1. The second-order valence-electron chi connectivity index (χ2n) is 6.21. The molecule has 1 aromatic heterocycles. The molecule has 27 heavy (non-hydrogen) atoms. The molecule has 7 heteroatoms. The molecule has 0 saturated carbocycles. The van der Waals surface area contributed by atoms with Crippen LogP contribution in [-0.4, -0.2) is 4.98 Å². The van der Waals surface area contributed by atoms with E-state index in [-0.39, 0.29) is 28.1 Å². The first-order valence-corrected chi connectivity index (χ1v) is 9.05. The van der Waals surface area contributed by atoms with Gasteiger partial charge in [-0.05, 0) is 42.8 Å². The van der Waals surface area contributed by atoms with Gasteiger partial charge >= 0.3 is 0 Å². The number of thioether (sulfide) groups is 1. The summed E-state index contributed by atoms with van der Waals surface area (Å²) >= 11 is 1.49. The molecule has 5 nitrogen and oxygen atoms in total. The van der Waals surface area contributed by atoms with Gasteiger partial charge in [-0.3, -0.25) is 0 Å². The normalized spacial score (nSPS) is 14.6. The van der Waals surface area contributed by atoms with E-state index in [1.165, 1.54) is 23.9 Å². The van der Waals surface area contributed by atoms with Crippen LogP contribution in [0.4, 0.5) is 15.9 Å². The quantitative estimate of drug-likeness (QED) is 0.679. The van der Waals surface area contributed by atoms with E-state index in [1.807, 2.05) is 31.2 Å². The van der Waals surface area contributed by atoms with Crippen molar-refractivity contribution >= 4 is 23.3 Å². The Bertz CT molecular complexity index is 1090. The monoisotopic (exact) mass is 378 g/mol. The van der Waals surface area contributed by atoms with Crippen molar-refractivity contribution in [1.29, 1.82) is 5.26 Å². The van der Waals surface area contributed by atoms with Crippen molar-refractivity contribution in [2.45, 2.75) is 17.1 Å². The molecule has 0 radical (unpaired) electrons. The fraction of sp³-hybridized carbons (Fsp3) is 0.100. The summed E-state index contributed by atoms with van der Waals surface area (Å²) in [5.74, 6) is 0.693. The van der Waals surface area contributed by atoms with E-state index in [0.717, 1.165) is 16.0 Å². The van der Waals surface area contributed by atoms with Gasteiger partial charge in [0.2, 0.25) is 5.88 Å². The molecular formula is C20H15FN4OS. The smallest absolute Gasteiger partial charge is 0.228 e. The Balaban J connectivity index is 1.91. The minimum Gasteiger partial charge on any atom is -0.438 e. The lowest BCUT2D eigenvalue weighted by atomic mass is 9.97. The van der Waals surface area contributed by atoms with Crippen LogP contribution < -0.4 is 16.2 Å². The SMILES string of the molecule is Cc1ccc2c(c1)Oc1nc(N)c(C#N)c(N)c1C2Sc1ccc(F)cc1. The Kier molecular flexibility index (Phi) is 4.13. The highest BCUT2D eigenvalue weighted by atomic mass is 32.2. The lowest BCUT2D eigenvalue weighted by Crippen LogP contribution is -2.15. The number of hydrogen-bond acceptors (Lipinski definition) is 6. The molecule has 1 aliphatic rings. The standard InChI is InChI=1S/C20H15FN4OS/c1-10-2-7-13-15(8-10)26-20-16(17(23)14(9-22)19(24)25-20)18(13)27-12-5-3-11(21)4-6-12/h2-8,18H,1H3,(H4,23,24,25). The molecule has 2 aromatic carbocycles. The molecule has 134 valence electrons. The van der Waals surface area contributed by atoms with E-state index < -0.39 is 0 Å². The number of rotatable bonds is 2. The number of nitriles is 1. The van der Waals surface area contributed by atoms with Gasteiger partial charge in [-0.25, -0.2) is 4.39 Å². The first kappa shape index (κ1) is 17.2. The number of halogens is 1. The molecular weight excluding hydrogens is 363 g/mol. The van der Waals surface area contributed by atoms with E-state index in [4.69, 9.17) is 16.2 Å². The average Bonchev–Trinajstić information content (AvgIpc) is 2.63. The number of pyridine rings is 1. The zero-order valence-corrected chi connectivity index (χ0v) is 15.2. The van der Waals surface area contributed by atoms with Crippen molar-refractivity contribution in [2.24, 2.45) is 0 Å². The molecule has 0 bridgehead atoms. The number of fused-ring (bicyclic) bond motifs is 2. The van der Waals surface area contributed by atoms with Gasteiger partial charge in [0.15, 0.2) is 0 Å². The van der Waals surface area contributed by atoms with Crippen LogP contribution in [0.3, 0.4) is 0 Å². The Hall–Kier alpha value is -3.24. The molecule has 0 amide bonds. The number of aromatic nitrogens is 1. The van der Waals surface area contributed by atoms with E-state index in [2.05, 4.69) is 4.98 Å². The lowest BCUT2D eigenvalue weighted by Gasteiger charge is -2.29. The van der Waals surface area contributed by atoms with Crippen LogP contribution in [0.5, 0.6) is 11.6 Å². The highest BCUT2D eigenvalue weighted by Gasteiger charge is 2.33. The molecule has 4 rings (SSSR count). The van der Waals surface area contributed by atoms with Crippen LogP contribution in [0, 0.1) is 24.1 Å². The lowest BCUT2D eigenvalue weighted by molar-refractivity contribution is 0.440. The molecule has 0 spiro atoms. The summed E-state index contributed by atoms with van der Waals surface area (Å²) in [7, 11) is 0. The maximum absolute atomic E-state index is 13.3. The Morgan fingerprint density at radius 2 is 1.93 bits per heavy atom. The van der Waals surface area contributed by atoms with Gasteiger partial charge in [-0.1, -0.05) is 12.1 Å². The summed E-state index contributed by atoms with van der Waals surface area (Å²) in [6, 6.07) is 14.1. The number of nitrogens with two attached hydrogens (primary N) is 2. The van der Waals surface area contributed by atoms with E-state index in [9.17, 15) is 9.65 Å². The maximum Gasteiger partial charge on any atom is 0.228 e. The van der Waals surface area contributed by atoms with Crippen LogP contribution in [0.1, 0.15) is 27.5 Å². The van der Waals surface area contributed by atoms with Gasteiger partial charge < -0.3 is 16.2 Å². The largest absolute Gasteiger partial charge is 0.438 e. The highest BCUT2D eigenvalue weighted by Crippen LogP contribution is 2.53. The Morgan fingerprint density at radius 3 is 2.63 bits per heavy atom. The maximum atomic E-state index is 13.3. The number of hydrogen-bond donors (Lipinski definition) is 2. The number of benzene rings is 2. The van der Waals surface area contributed by atoms with Crippen molar-refractivity contribution in [3.05, 3.63) is 70.5 Å². The second-order valence-corrected chi connectivity index (χ2v) is 7.39. The van der Waals surface area contributed by atoms with Gasteiger partial charge in [0, 0.05) is 10.5 Å². The van der Waals surface area contributed by atoms with Crippen molar-refractivity contribution in [3.63, 3.8) is 0 Å². The topological polar surface area (TPSA) is 98.0 Å². The van der Waals surface area contributed by atoms with Crippen molar-refractivity contribution < 1.29 is 9.13 Å². The molecule has 0 saturated heterocycles. The van der Waals surface area contributed by atoms with Crippen LogP contribution in [0.15, 0.2) is 47.4 Å². The molecule has 1 unspecified atom stereocenters. The van der Waals surface area contributed by atoms with Crippen molar-refractivity contribution in [2.75, 3.05) is 11.5 Å². The summed E-state index contributed by atoms with van der Waals surface area (Å²) < 4.78 is 19.2. The molecule has 3 aromatic rings. The molecule has 1 atom stereocenters. The molecule has 0 aliphatic carbocycles. The summed E-state index contributed by atoms with van der Waals surface area (Å²) in [6.45, 7) is 1.97. The van der Waals surface area contributed by atoms with Crippen LogP contribution in [0.2, 0.25) is 0 Å². The van der Waals surface area contributed by atoms with Crippen LogP contribution >= 0.6 is 11.8 Å². The summed E-state index contributed by atoms with van der Waals surface area (Å²) in [5.41, 5.74) is 15.1. The molecule has 2 heterocycles. The van der Waals surface area contributed by atoms with Crippen LogP contribution in [-0.2, 0) is 0 Å². The van der Waals surface area contributed by atoms with Crippen molar-refractivity contribution in [3.8, 4) is 17.7 Å². The molecule has 0 fully saturated rings. The molecule has 1 aliphatic heterocycles. The fourth-order valence-corrected chi connectivity index (χ4v) is 4.27. The first-order valence-electron chi connectivity index (χ1n) is 8.17. The predicted molar refractivity (Wildman–Crippen MR) is 103 cm³/mol. The Morgan fingerprint density at radius 1 is 1.19 bits per heavy atom. The van der Waals surface area contributed by atoms with E-state index >= 15 is 0 Å².